The summed E-state index contributed by atoms with van der Waals surface area (Å²) in [6, 6.07) is 8.30. The summed E-state index contributed by atoms with van der Waals surface area (Å²) in [5, 5.41) is 3.29. The number of anilines is 1. The van der Waals surface area contributed by atoms with Gasteiger partial charge in [0, 0.05) is 11.1 Å². The van der Waals surface area contributed by atoms with Gasteiger partial charge in [-0.15, -0.1) is 0 Å². The predicted octanol–water partition coefficient (Wildman–Crippen LogP) is 4.17. The van der Waals surface area contributed by atoms with Crippen LogP contribution in [0.15, 0.2) is 24.3 Å². The Bertz CT molecular complexity index is 338. The molecule has 0 radical (unpaired) electrons. The van der Waals surface area contributed by atoms with Gasteiger partial charge in [-0.05, 0) is 25.5 Å². The molecule has 0 unspecified atom stereocenters. The maximum atomic E-state index is 5.39. The van der Waals surface area contributed by atoms with Gasteiger partial charge in [0.15, 0.2) is 0 Å². The third-order valence-corrected chi connectivity index (χ3v) is 3.46. The van der Waals surface area contributed by atoms with Crippen LogP contribution in [0.25, 0.3) is 0 Å². The van der Waals surface area contributed by atoms with Crippen molar-refractivity contribution in [3.63, 3.8) is 0 Å². The number of rotatable bonds is 3. The molecule has 1 N–H and O–H groups in total. The van der Waals surface area contributed by atoms with Crippen LogP contribution in [0.2, 0.25) is 0 Å². The lowest BCUT2D eigenvalue weighted by Gasteiger charge is -2.24. The van der Waals surface area contributed by atoms with Gasteiger partial charge in [-0.2, -0.15) is 0 Å². The number of nitrogens with one attached hydrogen (secondary N) is 1. The lowest BCUT2D eigenvalue weighted by atomic mass is 9.90. The fourth-order valence-electron chi connectivity index (χ4n) is 1.10. The van der Waals surface area contributed by atoms with Crippen molar-refractivity contribution in [2.24, 2.45) is 5.41 Å². The Hall–Kier alpha value is -0.890. The Balaban J connectivity index is 2.71. The van der Waals surface area contributed by atoms with E-state index < -0.39 is 0 Å². The summed E-state index contributed by atoms with van der Waals surface area (Å²) >= 11 is 5.39. The first-order valence-electron chi connectivity index (χ1n) is 5.34. The van der Waals surface area contributed by atoms with Gasteiger partial charge < -0.3 is 5.32 Å². The van der Waals surface area contributed by atoms with E-state index in [1.165, 1.54) is 5.56 Å². The van der Waals surface area contributed by atoms with Crippen molar-refractivity contribution in [1.29, 1.82) is 0 Å². The van der Waals surface area contributed by atoms with Crippen molar-refractivity contribution in [2.45, 2.75) is 34.1 Å². The fourth-order valence-corrected chi connectivity index (χ4v) is 1.36. The van der Waals surface area contributed by atoms with Gasteiger partial charge in [-0.25, -0.2) is 0 Å². The molecule has 0 fully saturated rings. The molecule has 0 spiro atoms. The first kappa shape index (κ1) is 12.2. The summed E-state index contributed by atoms with van der Waals surface area (Å²) in [6.07, 6.45) is 1.05. The van der Waals surface area contributed by atoms with E-state index in [1.807, 2.05) is 0 Å². The molecule has 0 aromatic heterocycles. The highest BCUT2D eigenvalue weighted by atomic mass is 32.1. The van der Waals surface area contributed by atoms with Gasteiger partial charge >= 0.3 is 0 Å². The number of aryl methyl sites for hydroxylation is 1. The number of thiocarbonyl (C=S) groups is 1. The number of hydrogen-bond acceptors (Lipinski definition) is 1. The van der Waals surface area contributed by atoms with Crippen LogP contribution in [0.5, 0.6) is 0 Å². The average Bonchev–Trinajstić information content (AvgIpc) is 2.21. The molecule has 15 heavy (non-hydrogen) atoms. The molecule has 0 bridgehead atoms. The van der Waals surface area contributed by atoms with Crippen LogP contribution in [-0.4, -0.2) is 4.99 Å². The third-order valence-electron chi connectivity index (χ3n) is 2.81. The molecule has 0 amide bonds. The predicted molar refractivity (Wildman–Crippen MR) is 71.5 cm³/mol. The second-order valence-corrected chi connectivity index (χ2v) is 4.97. The van der Waals surface area contributed by atoms with Crippen LogP contribution < -0.4 is 5.32 Å². The van der Waals surface area contributed by atoms with Crippen LogP contribution in [0.3, 0.4) is 0 Å². The van der Waals surface area contributed by atoms with Gasteiger partial charge in [0.1, 0.15) is 0 Å². The SMILES string of the molecule is CCC(C)(C)C(=S)Nc1ccc(C)cc1. The molecular formula is C13H19NS. The van der Waals surface area contributed by atoms with Gasteiger partial charge in [0.05, 0.1) is 4.99 Å². The molecule has 0 aliphatic carbocycles. The minimum Gasteiger partial charge on any atom is -0.350 e. The minimum absolute atomic E-state index is 0.0697. The molecule has 0 atom stereocenters. The van der Waals surface area contributed by atoms with E-state index in [0.717, 1.165) is 17.1 Å². The minimum atomic E-state index is 0.0697. The molecule has 0 saturated carbocycles. The van der Waals surface area contributed by atoms with Crippen molar-refractivity contribution in [3.8, 4) is 0 Å². The third kappa shape index (κ3) is 3.31. The lowest BCUT2D eigenvalue weighted by Crippen LogP contribution is -2.28. The molecule has 1 rings (SSSR count). The molecule has 82 valence electrons. The Kier molecular flexibility index (Phi) is 3.86. The highest BCUT2D eigenvalue weighted by Crippen LogP contribution is 2.23. The van der Waals surface area contributed by atoms with E-state index in [-0.39, 0.29) is 5.41 Å². The Labute approximate surface area is 97.9 Å². The van der Waals surface area contributed by atoms with Crippen LogP contribution in [0.1, 0.15) is 32.8 Å². The first-order chi connectivity index (χ1) is 6.95. The smallest absolute Gasteiger partial charge is 0.0854 e. The second-order valence-electron chi connectivity index (χ2n) is 4.56. The standard InChI is InChI=1S/C13H19NS/c1-5-13(3,4)12(15)14-11-8-6-10(2)7-9-11/h6-9H,5H2,1-4H3,(H,14,15). The monoisotopic (exact) mass is 221 g/mol. The van der Waals surface area contributed by atoms with Crippen molar-refractivity contribution < 1.29 is 0 Å². The quantitative estimate of drug-likeness (QED) is 0.769. The van der Waals surface area contributed by atoms with E-state index >= 15 is 0 Å². The molecule has 0 heterocycles. The van der Waals surface area contributed by atoms with Crippen molar-refractivity contribution in [2.75, 3.05) is 5.32 Å². The molecule has 1 nitrogen and oxygen atoms in total. The second kappa shape index (κ2) is 4.75. The van der Waals surface area contributed by atoms with Crippen LogP contribution in [0.4, 0.5) is 5.69 Å². The zero-order valence-corrected chi connectivity index (χ0v) is 10.7. The van der Waals surface area contributed by atoms with E-state index in [0.29, 0.717) is 0 Å². The molecular weight excluding hydrogens is 202 g/mol. The first-order valence-corrected chi connectivity index (χ1v) is 5.74. The molecule has 1 aromatic carbocycles. The zero-order chi connectivity index (χ0) is 11.5. The maximum absolute atomic E-state index is 5.39. The number of benzene rings is 1. The number of hydrogen-bond donors (Lipinski definition) is 1. The summed E-state index contributed by atoms with van der Waals surface area (Å²) in [6.45, 7) is 8.56. The van der Waals surface area contributed by atoms with E-state index in [2.05, 4.69) is 57.3 Å². The fraction of sp³-hybridized carbons (Fsp3) is 0.462. The molecule has 0 saturated heterocycles. The Morgan fingerprint density at radius 3 is 2.27 bits per heavy atom. The maximum Gasteiger partial charge on any atom is 0.0854 e. The highest BCUT2D eigenvalue weighted by Gasteiger charge is 2.20. The lowest BCUT2D eigenvalue weighted by molar-refractivity contribution is 0.510. The van der Waals surface area contributed by atoms with Crippen molar-refractivity contribution >= 4 is 22.9 Å². The Morgan fingerprint density at radius 2 is 1.80 bits per heavy atom. The van der Waals surface area contributed by atoms with Gasteiger partial charge in [0.25, 0.3) is 0 Å². The molecule has 1 aromatic rings. The Morgan fingerprint density at radius 1 is 1.27 bits per heavy atom. The highest BCUT2D eigenvalue weighted by molar-refractivity contribution is 7.80. The topological polar surface area (TPSA) is 12.0 Å². The van der Waals surface area contributed by atoms with Gasteiger partial charge in [-0.3, -0.25) is 0 Å². The average molecular weight is 221 g/mol. The van der Waals surface area contributed by atoms with Gasteiger partial charge in [0.2, 0.25) is 0 Å². The van der Waals surface area contributed by atoms with Gasteiger partial charge in [-0.1, -0.05) is 50.7 Å². The molecule has 0 aliphatic heterocycles. The largest absolute Gasteiger partial charge is 0.350 e. The van der Waals surface area contributed by atoms with Crippen LogP contribution in [0, 0.1) is 12.3 Å². The summed E-state index contributed by atoms with van der Waals surface area (Å²) in [7, 11) is 0. The van der Waals surface area contributed by atoms with E-state index in [9.17, 15) is 0 Å². The zero-order valence-electron chi connectivity index (χ0n) is 9.92. The van der Waals surface area contributed by atoms with Crippen LogP contribution in [-0.2, 0) is 0 Å². The summed E-state index contributed by atoms with van der Waals surface area (Å²) in [5.41, 5.74) is 2.41. The summed E-state index contributed by atoms with van der Waals surface area (Å²) in [5.74, 6) is 0. The van der Waals surface area contributed by atoms with E-state index in [4.69, 9.17) is 12.2 Å². The normalized spacial score (nSPS) is 11.2. The van der Waals surface area contributed by atoms with Crippen LogP contribution >= 0.6 is 12.2 Å². The summed E-state index contributed by atoms with van der Waals surface area (Å²) in [4.78, 5) is 0.911. The van der Waals surface area contributed by atoms with Crippen molar-refractivity contribution in [1.82, 2.24) is 0 Å². The van der Waals surface area contributed by atoms with Crippen molar-refractivity contribution in [3.05, 3.63) is 29.8 Å². The summed E-state index contributed by atoms with van der Waals surface area (Å²) < 4.78 is 0. The molecule has 0 aliphatic rings. The van der Waals surface area contributed by atoms with E-state index in [1.54, 1.807) is 0 Å². The molecule has 2 heteroatoms.